The van der Waals surface area contributed by atoms with Crippen molar-refractivity contribution in [2.75, 3.05) is 14.2 Å². The zero-order chi connectivity index (χ0) is 22.8. The normalized spacial score (nSPS) is 21.1. The highest BCUT2D eigenvalue weighted by Gasteiger charge is 2.49. The van der Waals surface area contributed by atoms with Crippen molar-refractivity contribution in [3.8, 4) is 11.5 Å². The minimum absolute atomic E-state index is 0.0319. The summed E-state index contributed by atoms with van der Waals surface area (Å²) in [5, 5.41) is 11.5. The molecule has 168 valence electrons. The minimum Gasteiger partial charge on any atom is -0.506 e. The van der Waals surface area contributed by atoms with Crippen molar-refractivity contribution in [2.24, 2.45) is 0 Å². The molecule has 1 aliphatic heterocycles. The molecule has 0 aromatic heterocycles. The van der Waals surface area contributed by atoms with E-state index >= 15 is 0 Å². The van der Waals surface area contributed by atoms with Crippen LogP contribution in [0.25, 0.3) is 5.76 Å². The molecule has 2 fully saturated rings. The van der Waals surface area contributed by atoms with Gasteiger partial charge in [0.25, 0.3) is 11.7 Å². The molecule has 1 atom stereocenters. The van der Waals surface area contributed by atoms with Crippen LogP contribution in [0.2, 0.25) is 0 Å². The van der Waals surface area contributed by atoms with Crippen molar-refractivity contribution in [2.45, 2.75) is 51.1 Å². The van der Waals surface area contributed by atoms with Crippen molar-refractivity contribution >= 4 is 17.4 Å². The first-order valence-electron chi connectivity index (χ1n) is 11.1. The van der Waals surface area contributed by atoms with Gasteiger partial charge < -0.3 is 19.5 Å². The Hall–Kier alpha value is -3.28. The van der Waals surface area contributed by atoms with Crippen LogP contribution in [0.4, 0.5) is 0 Å². The summed E-state index contributed by atoms with van der Waals surface area (Å²) in [4.78, 5) is 28.3. The third kappa shape index (κ3) is 3.74. The maximum Gasteiger partial charge on any atom is 0.295 e. The van der Waals surface area contributed by atoms with Gasteiger partial charge in [-0.15, -0.1) is 0 Å². The van der Waals surface area contributed by atoms with E-state index in [0.29, 0.717) is 11.5 Å². The molecule has 1 N–H and O–H groups in total. The van der Waals surface area contributed by atoms with Gasteiger partial charge in [-0.3, -0.25) is 9.59 Å². The van der Waals surface area contributed by atoms with Gasteiger partial charge in [-0.25, -0.2) is 0 Å². The third-order valence-electron chi connectivity index (χ3n) is 6.47. The average Bonchev–Trinajstić information content (AvgIpc) is 3.09. The van der Waals surface area contributed by atoms with Crippen molar-refractivity contribution in [3.05, 3.63) is 64.7 Å². The molecule has 1 aliphatic carbocycles. The van der Waals surface area contributed by atoms with Gasteiger partial charge in [0.1, 0.15) is 22.8 Å². The number of likely N-dealkylation sites (tertiary alicyclic amines) is 1. The van der Waals surface area contributed by atoms with Crippen LogP contribution in [0.3, 0.4) is 0 Å². The highest BCUT2D eigenvalue weighted by molar-refractivity contribution is 6.46. The predicted octanol–water partition coefficient (Wildman–Crippen LogP) is 4.77. The van der Waals surface area contributed by atoms with Gasteiger partial charge in [0.2, 0.25) is 0 Å². The molecule has 1 heterocycles. The Balaban J connectivity index is 1.95. The van der Waals surface area contributed by atoms with Crippen LogP contribution in [-0.4, -0.2) is 42.0 Å². The van der Waals surface area contributed by atoms with E-state index in [4.69, 9.17) is 9.47 Å². The van der Waals surface area contributed by atoms with Crippen LogP contribution in [0.5, 0.6) is 11.5 Å². The quantitative estimate of drug-likeness (QED) is 0.416. The van der Waals surface area contributed by atoms with Crippen LogP contribution in [-0.2, 0) is 9.59 Å². The molecule has 0 radical (unpaired) electrons. The summed E-state index contributed by atoms with van der Waals surface area (Å²) < 4.78 is 10.9. The Morgan fingerprint density at radius 2 is 1.59 bits per heavy atom. The molecule has 6 heteroatoms. The Labute approximate surface area is 188 Å². The van der Waals surface area contributed by atoms with E-state index in [-0.39, 0.29) is 22.9 Å². The molecule has 4 rings (SSSR count). The lowest BCUT2D eigenvalue weighted by molar-refractivity contribution is -0.141. The van der Waals surface area contributed by atoms with E-state index in [9.17, 15) is 14.7 Å². The number of methoxy groups -OCH3 is 2. The molecule has 2 aromatic rings. The lowest BCUT2D eigenvalue weighted by Gasteiger charge is -2.35. The lowest BCUT2D eigenvalue weighted by Crippen LogP contribution is -2.40. The number of aliphatic hydroxyl groups excluding tert-OH is 1. The number of carbonyl (C=O) groups excluding carboxylic acids is 2. The number of benzene rings is 2. The number of aryl methyl sites for hydroxylation is 1. The molecular weight excluding hydrogens is 406 g/mol. The summed E-state index contributed by atoms with van der Waals surface area (Å²) in [6.07, 6.45) is 4.89. The minimum atomic E-state index is -0.674. The zero-order valence-electron chi connectivity index (χ0n) is 18.8. The molecule has 32 heavy (non-hydrogen) atoms. The smallest absolute Gasteiger partial charge is 0.295 e. The molecule has 1 amide bonds. The fourth-order valence-electron chi connectivity index (χ4n) is 4.97. The molecular formula is C26H29NO5. The number of rotatable bonds is 5. The summed E-state index contributed by atoms with van der Waals surface area (Å²) in [6.45, 7) is 1.97. The average molecular weight is 436 g/mol. The first-order chi connectivity index (χ1) is 15.5. The van der Waals surface area contributed by atoms with Gasteiger partial charge in [0.15, 0.2) is 0 Å². The maximum atomic E-state index is 13.4. The highest BCUT2D eigenvalue weighted by Crippen LogP contribution is 2.45. The molecule has 6 nitrogen and oxygen atoms in total. The Bertz CT molecular complexity index is 1050. The molecule has 2 aliphatic rings. The summed E-state index contributed by atoms with van der Waals surface area (Å²) in [6, 6.07) is 12.2. The number of ketones is 1. The van der Waals surface area contributed by atoms with Crippen molar-refractivity contribution in [1.82, 2.24) is 4.90 Å². The largest absolute Gasteiger partial charge is 0.506 e. The monoisotopic (exact) mass is 435 g/mol. The van der Waals surface area contributed by atoms with E-state index in [2.05, 4.69) is 0 Å². The summed E-state index contributed by atoms with van der Waals surface area (Å²) in [5.74, 6) is -0.767. The number of ether oxygens (including phenoxy) is 2. The van der Waals surface area contributed by atoms with E-state index in [1.54, 1.807) is 23.1 Å². The topological polar surface area (TPSA) is 76.1 Å². The lowest BCUT2D eigenvalue weighted by atomic mass is 9.90. The number of Topliss-reactive ketones (excluding diaryl/α,β-unsaturated/α-hetero) is 1. The van der Waals surface area contributed by atoms with E-state index in [0.717, 1.165) is 43.2 Å². The zero-order valence-corrected chi connectivity index (χ0v) is 18.8. The van der Waals surface area contributed by atoms with E-state index < -0.39 is 17.7 Å². The van der Waals surface area contributed by atoms with Gasteiger partial charge in [0, 0.05) is 6.04 Å². The number of nitrogens with zero attached hydrogens (tertiary/aromatic N) is 1. The number of amides is 1. The second-order valence-corrected chi connectivity index (χ2v) is 8.45. The van der Waals surface area contributed by atoms with Gasteiger partial charge in [0.05, 0.1) is 25.8 Å². The SMILES string of the molecule is COc1cccc(OC)c1/C(O)=C1\C(=O)C(=O)N(C2CCCCC2)C1c1cccc(C)c1. The van der Waals surface area contributed by atoms with Crippen molar-refractivity contribution in [1.29, 1.82) is 0 Å². The van der Waals surface area contributed by atoms with Crippen LogP contribution in [0.1, 0.15) is 54.8 Å². The molecule has 1 unspecified atom stereocenters. The van der Waals surface area contributed by atoms with Crippen LogP contribution >= 0.6 is 0 Å². The third-order valence-corrected chi connectivity index (χ3v) is 6.47. The fourth-order valence-corrected chi connectivity index (χ4v) is 4.97. The van der Waals surface area contributed by atoms with Gasteiger partial charge in [-0.2, -0.15) is 0 Å². The first-order valence-corrected chi connectivity index (χ1v) is 11.1. The molecule has 2 aromatic carbocycles. The maximum absolute atomic E-state index is 13.4. The number of aliphatic hydroxyl groups is 1. The standard InChI is InChI=1S/C26H29NO5/c1-16-9-7-10-17(15-16)23-22(24(28)21-19(31-2)13-8-14-20(21)32-3)25(29)26(30)27(23)18-11-5-4-6-12-18/h7-10,13-15,18,23,28H,4-6,11-12H2,1-3H3/b24-22+. The van der Waals surface area contributed by atoms with Gasteiger partial charge in [-0.1, -0.05) is 55.2 Å². The summed E-state index contributed by atoms with van der Waals surface area (Å²) >= 11 is 0. The molecule has 0 spiro atoms. The fraction of sp³-hybridized carbons (Fsp3) is 0.385. The number of carbonyl (C=O) groups is 2. The Morgan fingerprint density at radius 1 is 0.969 bits per heavy atom. The Morgan fingerprint density at radius 3 is 2.19 bits per heavy atom. The summed E-state index contributed by atoms with van der Waals surface area (Å²) in [7, 11) is 2.98. The van der Waals surface area contributed by atoms with Crippen LogP contribution in [0.15, 0.2) is 48.0 Å². The molecule has 1 saturated carbocycles. The van der Waals surface area contributed by atoms with E-state index in [1.807, 2.05) is 31.2 Å². The summed E-state index contributed by atoms with van der Waals surface area (Å²) in [5.41, 5.74) is 2.18. The Kier molecular flexibility index (Phi) is 6.21. The second-order valence-electron chi connectivity index (χ2n) is 8.45. The molecule has 1 saturated heterocycles. The van der Waals surface area contributed by atoms with Crippen LogP contribution in [0, 0.1) is 6.92 Å². The second kappa shape index (κ2) is 9.07. The highest BCUT2D eigenvalue weighted by atomic mass is 16.5. The number of hydrogen-bond acceptors (Lipinski definition) is 5. The predicted molar refractivity (Wildman–Crippen MR) is 122 cm³/mol. The number of hydrogen-bond donors (Lipinski definition) is 1. The van der Waals surface area contributed by atoms with Gasteiger partial charge >= 0.3 is 0 Å². The van der Waals surface area contributed by atoms with Crippen molar-refractivity contribution < 1.29 is 24.2 Å². The van der Waals surface area contributed by atoms with Crippen LogP contribution < -0.4 is 9.47 Å². The van der Waals surface area contributed by atoms with Gasteiger partial charge in [-0.05, 0) is 37.5 Å². The molecule has 0 bridgehead atoms. The van der Waals surface area contributed by atoms with E-state index in [1.165, 1.54) is 14.2 Å². The first kappa shape index (κ1) is 21.9. The van der Waals surface area contributed by atoms with Crippen molar-refractivity contribution in [3.63, 3.8) is 0 Å².